The largest absolute Gasteiger partial charge is 0.388 e. The Morgan fingerprint density at radius 3 is 2.71 bits per heavy atom. The number of nitro groups is 1. The van der Waals surface area contributed by atoms with Crippen LogP contribution in [0.1, 0.15) is 18.4 Å². The van der Waals surface area contributed by atoms with Crippen LogP contribution in [-0.2, 0) is 11.3 Å². The van der Waals surface area contributed by atoms with Crippen LogP contribution in [0.15, 0.2) is 18.2 Å². The van der Waals surface area contributed by atoms with Gasteiger partial charge < -0.3 is 9.84 Å². The SMILES string of the molecule is CN(Cc1ccc([N+](=O)[O-])c(F)c1)CC1(O)CCOCC1. The molecular formula is C14H19FN2O4. The fourth-order valence-electron chi connectivity index (χ4n) is 2.58. The number of hydrogen-bond donors (Lipinski definition) is 1. The first kappa shape index (κ1) is 15.8. The molecule has 0 aromatic heterocycles. The fourth-order valence-corrected chi connectivity index (χ4v) is 2.58. The van der Waals surface area contributed by atoms with Gasteiger partial charge in [0, 0.05) is 45.2 Å². The number of nitro benzene ring substituents is 1. The second-order valence-corrected chi connectivity index (χ2v) is 5.55. The van der Waals surface area contributed by atoms with Gasteiger partial charge in [-0.3, -0.25) is 15.0 Å². The van der Waals surface area contributed by atoms with Crippen molar-refractivity contribution in [3.8, 4) is 0 Å². The highest BCUT2D eigenvalue weighted by Crippen LogP contribution is 2.23. The highest BCUT2D eigenvalue weighted by atomic mass is 19.1. The van der Waals surface area contributed by atoms with E-state index in [0.29, 0.717) is 44.7 Å². The maximum absolute atomic E-state index is 13.6. The minimum absolute atomic E-state index is 0.415. The van der Waals surface area contributed by atoms with Crippen LogP contribution < -0.4 is 0 Å². The first-order valence-electron chi connectivity index (χ1n) is 6.81. The molecule has 0 aliphatic carbocycles. The highest BCUT2D eigenvalue weighted by molar-refractivity contribution is 5.34. The van der Waals surface area contributed by atoms with Crippen LogP contribution in [-0.4, -0.2) is 47.3 Å². The van der Waals surface area contributed by atoms with Crippen LogP contribution in [0.4, 0.5) is 10.1 Å². The molecule has 21 heavy (non-hydrogen) atoms. The third kappa shape index (κ3) is 4.20. The highest BCUT2D eigenvalue weighted by Gasteiger charge is 2.31. The van der Waals surface area contributed by atoms with E-state index in [9.17, 15) is 19.6 Å². The molecule has 1 fully saturated rings. The monoisotopic (exact) mass is 298 g/mol. The van der Waals surface area contributed by atoms with Gasteiger partial charge in [-0.2, -0.15) is 4.39 Å². The second-order valence-electron chi connectivity index (χ2n) is 5.55. The summed E-state index contributed by atoms with van der Waals surface area (Å²) in [5.41, 5.74) is -0.674. The molecular weight excluding hydrogens is 279 g/mol. The molecule has 6 nitrogen and oxygen atoms in total. The lowest BCUT2D eigenvalue weighted by molar-refractivity contribution is -0.387. The molecule has 7 heteroatoms. The molecule has 0 spiro atoms. The molecule has 2 rings (SSSR count). The number of aliphatic hydroxyl groups is 1. The number of likely N-dealkylation sites (N-methyl/N-ethyl adjacent to an activating group) is 1. The molecule has 0 unspecified atom stereocenters. The Kier molecular flexibility index (Phi) is 4.87. The summed E-state index contributed by atoms with van der Waals surface area (Å²) in [5, 5.41) is 21.0. The van der Waals surface area contributed by atoms with E-state index in [1.807, 2.05) is 11.9 Å². The molecule has 1 aliphatic heterocycles. The molecule has 1 saturated heterocycles. The number of nitrogens with zero attached hydrogens (tertiary/aromatic N) is 2. The van der Waals surface area contributed by atoms with Gasteiger partial charge in [-0.05, 0) is 18.7 Å². The predicted octanol–water partition coefficient (Wildman–Crippen LogP) is 1.71. The molecule has 0 radical (unpaired) electrons. The maximum atomic E-state index is 13.6. The van der Waals surface area contributed by atoms with Crippen molar-refractivity contribution in [1.29, 1.82) is 0 Å². The zero-order valence-corrected chi connectivity index (χ0v) is 11.9. The lowest BCUT2D eigenvalue weighted by Crippen LogP contribution is -2.45. The van der Waals surface area contributed by atoms with Gasteiger partial charge in [0.25, 0.3) is 0 Å². The smallest absolute Gasteiger partial charge is 0.304 e. The Balaban J connectivity index is 1.97. The third-order valence-corrected chi connectivity index (χ3v) is 3.65. The normalized spacial score (nSPS) is 17.9. The molecule has 116 valence electrons. The Labute approximate surface area is 122 Å². The van der Waals surface area contributed by atoms with Gasteiger partial charge in [-0.15, -0.1) is 0 Å². The summed E-state index contributed by atoms with van der Waals surface area (Å²) in [4.78, 5) is 11.7. The van der Waals surface area contributed by atoms with Crippen molar-refractivity contribution in [2.75, 3.05) is 26.8 Å². The predicted molar refractivity (Wildman–Crippen MR) is 74.4 cm³/mol. The van der Waals surface area contributed by atoms with Gasteiger partial charge in [0.2, 0.25) is 5.82 Å². The summed E-state index contributed by atoms with van der Waals surface area (Å²) in [7, 11) is 1.83. The number of rotatable bonds is 5. The molecule has 1 heterocycles. The molecule has 1 aromatic rings. The molecule has 0 bridgehead atoms. The van der Waals surface area contributed by atoms with Crippen molar-refractivity contribution in [2.45, 2.75) is 25.0 Å². The van der Waals surface area contributed by atoms with Gasteiger partial charge in [-0.1, -0.05) is 6.07 Å². The van der Waals surface area contributed by atoms with E-state index in [0.717, 1.165) is 0 Å². The number of benzene rings is 1. The van der Waals surface area contributed by atoms with Crippen molar-refractivity contribution in [1.82, 2.24) is 4.90 Å². The van der Waals surface area contributed by atoms with E-state index in [4.69, 9.17) is 4.74 Å². The molecule has 1 aliphatic rings. The van der Waals surface area contributed by atoms with Gasteiger partial charge in [0.1, 0.15) is 0 Å². The first-order valence-corrected chi connectivity index (χ1v) is 6.81. The summed E-state index contributed by atoms with van der Waals surface area (Å²) in [6.45, 7) is 1.94. The Hall–Kier alpha value is -1.57. The van der Waals surface area contributed by atoms with E-state index in [1.54, 1.807) is 0 Å². The minimum atomic E-state index is -0.837. The quantitative estimate of drug-likeness (QED) is 0.661. The van der Waals surface area contributed by atoms with Crippen molar-refractivity contribution in [3.63, 3.8) is 0 Å². The molecule has 0 saturated carbocycles. The first-order chi connectivity index (χ1) is 9.89. The van der Waals surface area contributed by atoms with Crippen LogP contribution in [0.5, 0.6) is 0 Å². The maximum Gasteiger partial charge on any atom is 0.304 e. The van der Waals surface area contributed by atoms with Gasteiger partial charge in [0.05, 0.1) is 10.5 Å². The fraction of sp³-hybridized carbons (Fsp3) is 0.571. The molecule has 0 atom stereocenters. The zero-order valence-electron chi connectivity index (χ0n) is 11.9. The summed E-state index contributed by atoms with van der Waals surface area (Å²) in [5.74, 6) is -0.837. The second kappa shape index (κ2) is 6.46. The van der Waals surface area contributed by atoms with E-state index >= 15 is 0 Å². The summed E-state index contributed by atoms with van der Waals surface area (Å²) < 4.78 is 18.8. The number of ether oxygens (including phenoxy) is 1. The topological polar surface area (TPSA) is 75.8 Å². The van der Waals surface area contributed by atoms with E-state index in [2.05, 4.69) is 0 Å². The Morgan fingerprint density at radius 1 is 1.48 bits per heavy atom. The average Bonchev–Trinajstić information content (AvgIpc) is 2.38. The number of halogens is 1. The van der Waals surface area contributed by atoms with Crippen LogP contribution in [0.25, 0.3) is 0 Å². The van der Waals surface area contributed by atoms with Gasteiger partial charge in [-0.25, -0.2) is 0 Å². The van der Waals surface area contributed by atoms with Crippen molar-refractivity contribution >= 4 is 5.69 Å². The molecule has 1 aromatic carbocycles. The summed E-state index contributed by atoms with van der Waals surface area (Å²) in [6.07, 6.45) is 1.15. The van der Waals surface area contributed by atoms with Crippen molar-refractivity contribution in [3.05, 3.63) is 39.7 Å². The van der Waals surface area contributed by atoms with E-state index in [1.165, 1.54) is 18.2 Å². The minimum Gasteiger partial charge on any atom is -0.388 e. The van der Waals surface area contributed by atoms with Crippen LogP contribution in [0.3, 0.4) is 0 Å². The van der Waals surface area contributed by atoms with Gasteiger partial charge in [0.15, 0.2) is 0 Å². The van der Waals surface area contributed by atoms with Crippen LogP contribution in [0, 0.1) is 15.9 Å². The summed E-state index contributed by atoms with van der Waals surface area (Å²) >= 11 is 0. The van der Waals surface area contributed by atoms with Crippen molar-refractivity contribution < 1.29 is 19.2 Å². The van der Waals surface area contributed by atoms with E-state index < -0.39 is 22.0 Å². The third-order valence-electron chi connectivity index (χ3n) is 3.65. The molecule has 0 amide bonds. The lowest BCUT2D eigenvalue weighted by atomic mass is 9.94. The lowest BCUT2D eigenvalue weighted by Gasteiger charge is -2.35. The standard InChI is InChI=1S/C14H19FN2O4/c1-16(10-14(18)4-6-21-7-5-14)9-11-2-3-13(17(19)20)12(15)8-11/h2-3,8,18H,4-7,9-10H2,1H3. The van der Waals surface area contributed by atoms with Crippen LogP contribution >= 0.6 is 0 Å². The Bertz CT molecular complexity index is 518. The van der Waals surface area contributed by atoms with Gasteiger partial charge >= 0.3 is 5.69 Å². The summed E-state index contributed by atoms with van der Waals surface area (Å²) in [6, 6.07) is 3.87. The van der Waals surface area contributed by atoms with Crippen molar-refractivity contribution in [2.24, 2.45) is 0 Å². The Morgan fingerprint density at radius 2 is 2.14 bits per heavy atom. The van der Waals surface area contributed by atoms with Crippen LogP contribution in [0.2, 0.25) is 0 Å². The average molecular weight is 298 g/mol. The zero-order chi connectivity index (χ0) is 15.5. The number of hydrogen-bond acceptors (Lipinski definition) is 5. The molecule has 1 N–H and O–H groups in total. The van der Waals surface area contributed by atoms with E-state index in [-0.39, 0.29) is 0 Å².